The first kappa shape index (κ1) is 23.3. The molecule has 0 aliphatic carbocycles. The van der Waals surface area contributed by atoms with Crippen LogP contribution < -0.4 is 10.2 Å². The number of benzene rings is 1. The number of hydrogen-bond donors (Lipinski definition) is 1. The van der Waals surface area contributed by atoms with E-state index in [0.717, 1.165) is 29.9 Å². The molecule has 5 nitrogen and oxygen atoms in total. The highest BCUT2D eigenvalue weighted by molar-refractivity contribution is 7.08. The topological polar surface area (TPSA) is 58.6 Å². The van der Waals surface area contributed by atoms with E-state index in [1.165, 1.54) is 42.8 Å². The summed E-state index contributed by atoms with van der Waals surface area (Å²) in [5.41, 5.74) is 1.95. The van der Waals surface area contributed by atoms with Gasteiger partial charge in [0.1, 0.15) is 5.76 Å². The number of thiophene rings is 1. The van der Waals surface area contributed by atoms with Crippen LogP contribution in [0, 0.1) is 0 Å². The SMILES string of the molecule is C=C/C=C(/OC1C(=O)CC(c2ccc(N3CCCCC3)cc2)(c2ccsc2)NC1=O)C(=C)Cl. The van der Waals surface area contributed by atoms with Crippen molar-refractivity contribution in [3.05, 3.63) is 88.3 Å². The number of amides is 1. The summed E-state index contributed by atoms with van der Waals surface area (Å²) in [6.45, 7) is 9.34. The van der Waals surface area contributed by atoms with Gasteiger partial charge in [-0.3, -0.25) is 9.59 Å². The average Bonchev–Trinajstić information content (AvgIpc) is 3.37. The zero-order chi connectivity index (χ0) is 23.4. The maximum Gasteiger partial charge on any atom is 0.269 e. The molecule has 1 aromatic carbocycles. The van der Waals surface area contributed by atoms with Gasteiger partial charge in [-0.25, -0.2) is 0 Å². The lowest BCUT2D eigenvalue weighted by Crippen LogP contribution is -2.59. The van der Waals surface area contributed by atoms with Gasteiger partial charge < -0.3 is 15.0 Å². The van der Waals surface area contributed by atoms with Gasteiger partial charge in [0.2, 0.25) is 6.10 Å². The average molecular weight is 483 g/mol. The fourth-order valence-electron chi connectivity index (χ4n) is 4.50. The van der Waals surface area contributed by atoms with Gasteiger partial charge in [-0.2, -0.15) is 11.3 Å². The quantitative estimate of drug-likeness (QED) is 0.331. The summed E-state index contributed by atoms with van der Waals surface area (Å²) in [5.74, 6) is -0.683. The number of carbonyl (C=O) groups is 2. The van der Waals surface area contributed by atoms with Gasteiger partial charge in [0, 0.05) is 25.2 Å². The number of hydrogen-bond acceptors (Lipinski definition) is 5. The molecule has 2 unspecified atom stereocenters. The molecular formula is C26H27ClN2O3S. The number of piperidine rings is 2. The van der Waals surface area contributed by atoms with E-state index in [1.54, 1.807) is 0 Å². The van der Waals surface area contributed by atoms with Crippen molar-refractivity contribution in [3.63, 3.8) is 0 Å². The molecule has 0 bridgehead atoms. The third-order valence-electron chi connectivity index (χ3n) is 6.18. The second-order valence-electron chi connectivity index (χ2n) is 8.31. The largest absolute Gasteiger partial charge is 0.471 e. The summed E-state index contributed by atoms with van der Waals surface area (Å²) >= 11 is 7.49. The molecule has 0 saturated carbocycles. The Labute approximate surface area is 203 Å². The van der Waals surface area contributed by atoms with E-state index >= 15 is 0 Å². The van der Waals surface area contributed by atoms with Crippen molar-refractivity contribution in [3.8, 4) is 0 Å². The molecule has 2 aliphatic heterocycles. The second-order valence-corrected chi connectivity index (χ2v) is 9.55. The van der Waals surface area contributed by atoms with Crippen LogP contribution in [-0.2, 0) is 19.9 Å². The number of rotatable bonds is 7. The zero-order valence-electron chi connectivity index (χ0n) is 18.4. The van der Waals surface area contributed by atoms with Gasteiger partial charge in [-0.1, -0.05) is 43.0 Å². The maximum absolute atomic E-state index is 13.2. The Bertz CT molecular complexity index is 1050. The lowest BCUT2D eigenvalue weighted by molar-refractivity contribution is -0.147. The van der Waals surface area contributed by atoms with Crippen molar-refractivity contribution >= 4 is 40.3 Å². The second kappa shape index (κ2) is 9.98. The van der Waals surface area contributed by atoms with Crippen LogP contribution in [0.3, 0.4) is 0 Å². The first-order chi connectivity index (χ1) is 15.9. The molecule has 2 saturated heterocycles. The summed E-state index contributed by atoms with van der Waals surface area (Å²) in [5, 5.41) is 7.11. The highest BCUT2D eigenvalue weighted by Gasteiger charge is 2.48. The zero-order valence-corrected chi connectivity index (χ0v) is 20.0. The summed E-state index contributed by atoms with van der Waals surface area (Å²) in [6, 6.07) is 10.1. The number of nitrogens with one attached hydrogen (secondary N) is 1. The molecule has 33 heavy (non-hydrogen) atoms. The molecule has 172 valence electrons. The molecule has 1 amide bonds. The third kappa shape index (κ3) is 4.77. The summed E-state index contributed by atoms with van der Waals surface area (Å²) < 4.78 is 5.66. The van der Waals surface area contributed by atoms with Gasteiger partial charge in [-0.15, -0.1) is 0 Å². The van der Waals surface area contributed by atoms with Crippen molar-refractivity contribution in [2.45, 2.75) is 37.3 Å². The van der Waals surface area contributed by atoms with Gasteiger partial charge in [-0.05, 0) is 65.4 Å². The summed E-state index contributed by atoms with van der Waals surface area (Å²) in [6.07, 6.45) is 5.38. The van der Waals surface area contributed by atoms with E-state index in [-0.39, 0.29) is 23.0 Å². The molecule has 2 aliphatic rings. The first-order valence-corrected chi connectivity index (χ1v) is 12.3. The molecule has 2 atom stereocenters. The highest BCUT2D eigenvalue weighted by atomic mass is 35.5. The molecule has 4 rings (SSSR count). The highest BCUT2D eigenvalue weighted by Crippen LogP contribution is 2.39. The fraction of sp³-hybridized carbons (Fsp3) is 0.308. The Morgan fingerprint density at radius 1 is 1.15 bits per heavy atom. The molecule has 1 aromatic heterocycles. The van der Waals surface area contributed by atoms with E-state index in [1.807, 2.05) is 29.0 Å². The Kier molecular flexibility index (Phi) is 7.05. The minimum Gasteiger partial charge on any atom is -0.471 e. The Hall–Kier alpha value is -2.83. The Morgan fingerprint density at radius 2 is 1.88 bits per heavy atom. The van der Waals surface area contributed by atoms with Crippen molar-refractivity contribution in [1.82, 2.24) is 5.32 Å². The van der Waals surface area contributed by atoms with Crippen LogP contribution in [0.1, 0.15) is 36.8 Å². The van der Waals surface area contributed by atoms with Crippen LogP contribution in [0.2, 0.25) is 0 Å². The van der Waals surface area contributed by atoms with Crippen molar-refractivity contribution in [2.24, 2.45) is 0 Å². The molecular weight excluding hydrogens is 456 g/mol. The van der Waals surface area contributed by atoms with Crippen LogP contribution in [0.15, 0.2) is 77.2 Å². The minimum absolute atomic E-state index is 0.0688. The fourth-order valence-corrected chi connectivity index (χ4v) is 5.34. The Morgan fingerprint density at radius 3 is 2.45 bits per heavy atom. The number of Topliss-reactive ketones (excluding diaryl/α,β-unsaturated/α-hetero) is 1. The Balaban J connectivity index is 1.64. The van der Waals surface area contributed by atoms with Gasteiger partial charge in [0.15, 0.2) is 5.78 Å². The van der Waals surface area contributed by atoms with Crippen molar-refractivity contribution < 1.29 is 14.3 Å². The standard InChI is InChI=1S/C26H27ClN2O3S/c1-3-7-23(18(2)27)32-24-22(30)16-26(28-25(24)31,20-12-15-33-17-20)19-8-10-21(11-9-19)29-13-5-4-6-14-29/h3,7-12,15,17,24H,1-2,4-6,13-14,16H2,(H,28,31)/b23-7+. The number of allylic oxidation sites excluding steroid dienone is 3. The predicted molar refractivity (Wildman–Crippen MR) is 134 cm³/mol. The molecule has 1 N–H and O–H groups in total. The van der Waals surface area contributed by atoms with Crippen molar-refractivity contribution in [2.75, 3.05) is 18.0 Å². The first-order valence-electron chi connectivity index (χ1n) is 11.0. The van der Waals surface area contributed by atoms with Crippen LogP contribution in [0.4, 0.5) is 5.69 Å². The van der Waals surface area contributed by atoms with E-state index in [9.17, 15) is 9.59 Å². The number of ether oxygens (including phenoxy) is 1. The van der Waals surface area contributed by atoms with Crippen molar-refractivity contribution in [1.29, 1.82) is 0 Å². The number of anilines is 1. The van der Waals surface area contributed by atoms with Gasteiger partial charge in [0.05, 0.1) is 10.6 Å². The number of carbonyl (C=O) groups excluding carboxylic acids is 2. The van der Waals surface area contributed by atoms with E-state index in [2.05, 4.69) is 35.5 Å². The van der Waals surface area contributed by atoms with Crippen LogP contribution in [0.25, 0.3) is 0 Å². The maximum atomic E-state index is 13.2. The monoisotopic (exact) mass is 482 g/mol. The summed E-state index contributed by atoms with van der Waals surface area (Å²) in [7, 11) is 0. The van der Waals surface area contributed by atoms with Crippen LogP contribution >= 0.6 is 22.9 Å². The van der Waals surface area contributed by atoms with E-state index in [0.29, 0.717) is 0 Å². The summed E-state index contributed by atoms with van der Waals surface area (Å²) in [4.78, 5) is 28.8. The molecule has 0 spiro atoms. The van der Waals surface area contributed by atoms with Crippen LogP contribution in [0.5, 0.6) is 0 Å². The smallest absolute Gasteiger partial charge is 0.269 e. The normalized spacial score (nSPS) is 23.7. The number of nitrogens with zero attached hydrogens (tertiary/aromatic N) is 1. The lowest BCUT2D eigenvalue weighted by atomic mass is 9.76. The van der Waals surface area contributed by atoms with Crippen LogP contribution in [-0.4, -0.2) is 30.9 Å². The van der Waals surface area contributed by atoms with E-state index < -0.39 is 17.6 Å². The third-order valence-corrected chi connectivity index (χ3v) is 7.05. The molecule has 7 heteroatoms. The van der Waals surface area contributed by atoms with Gasteiger partial charge >= 0.3 is 0 Å². The molecule has 2 fully saturated rings. The predicted octanol–water partition coefficient (Wildman–Crippen LogP) is 5.28. The minimum atomic E-state index is -1.30. The molecule has 0 radical (unpaired) electrons. The number of halogens is 1. The lowest BCUT2D eigenvalue weighted by Gasteiger charge is -2.40. The molecule has 3 heterocycles. The van der Waals surface area contributed by atoms with E-state index in [4.69, 9.17) is 16.3 Å². The number of ketones is 1. The molecule has 2 aromatic rings. The van der Waals surface area contributed by atoms with Gasteiger partial charge in [0.25, 0.3) is 5.91 Å².